The summed E-state index contributed by atoms with van der Waals surface area (Å²) in [5.74, 6) is 0. The smallest absolute Gasteiger partial charge is 0.0536 e. The Morgan fingerprint density at radius 3 is 2.12 bits per heavy atom. The molecule has 2 aromatic rings. The molecule has 1 atom stereocenters. The molecule has 0 saturated carbocycles. The third-order valence-electron chi connectivity index (χ3n) is 2.54. The molecule has 0 amide bonds. The first-order valence-electron chi connectivity index (χ1n) is 5.06. The number of benzene rings is 2. The summed E-state index contributed by atoms with van der Waals surface area (Å²) < 4.78 is 0. The molecule has 0 aliphatic heterocycles. The van der Waals surface area contributed by atoms with Crippen LogP contribution in [-0.2, 0) is 0 Å². The van der Waals surface area contributed by atoms with Crippen LogP contribution in [-0.4, -0.2) is 0 Å². The number of para-hydroxylation sites is 1. The minimum Gasteiger partial charge on any atom is -0.399 e. The third-order valence-corrected chi connectivity index (χ3v) is 3.12. The van der Waals surface area contributed by atoms with Crippen LogP contribution in [0.4, 0.5) is 11.4 Å². The van der Waals surface area contributed by atoms with Gasteiger partial charge >= 0.3 is 0 Å². The number of rotatable bonds is 2. The molecule has 0 fully saturated rings. The lowest BCUT2D eigenvalue weighted by Crippen LogP contribution is -1.99. The Morgan fingerprint density at radius 2 is 1.50 bits per heavy atom. The highest BCUT2D eigenvalue weighted by molar-refractivity contribution is 7.80. The molecule has 0 aliphatic rings. The van der Waals surface area contributed by atoms with Crippen molar-refractivity contribution >= 4 is 24.0 Å². The summed E-state index contributed by atoms with van der Waals surface area (Å²) in [6.45, 7) is 0. The number of nitrogens with two attached hydrogens (primary N) is 2. The Balaban J connectivity index is 2.35. The van der Waals surface area contributed by atoms with Crippen LogP contribution in [0.15, 0.2) is 48.5 Å². The van der Waals surface area contributed by atoms with Gasteiger partial charge in [0.05, 0.1) is 5.25 Å². The van der Waals surface area contributed by atoms with Gasteiger partial charge in [-0.05, 0) is 29.3 Å². The van der Waals surface area contributed by atoms with Crippen molar-refractivity contribution in [3.8, 4) is 0 Å². The second-order valence-corrected chi connectivity index (χ2v) is 4.21. The highest BCUT2D eigenvalue weighted by Gasteiger charge is 2.11. The van der Waals surface area contributed by atoms with Gasteiger partial charge in [-0.25, -0.2) is 0 Å². The highest BCUT2D eigenvalue weighted by atomic mass is 32.1. The molecule has 16 heavy (non-hydrogen) atoms. The zero-order valence-electron chi connectivity index (χ0n) is 8.80. The molecule has 0 aliphatic carbocycles. The van der Waals surface area contributed by atoms with Crippen LogP contribution in [0, 0.1) is 0 Å². The third kappa shape index (κ3) is 2.14. The Bertz CT molecular complexity index is 480. The van der Waals surface area contributed by atoms with Crippen molar-refractivity contribution in [2.45, 2.75) is 5.25 Å². The van der Waals surface area contributed by atoms with Crippen molar-refractivity contribution in [1.82, 2.24) is 0 Å². The van der Waals surface area contributed by atoms with E-state index in [-0.39, 0.29) is 5.25 Å². The van der Waals surface area contributed by atoms with Crippen molar-refractivity contribution in [1.29, 1.82) is 0 Å². The van der Waals surface area contributed by atoms with E-state index in [1.807, 2.05) is 48.5 Å². The molecule has 2 rings (SSSR count). The van der Waals surface area contributed by atoms with Gasteiger partial charge in [-0.1, -0.05) is 30.3 Å². The predicted octanol–water partition coefficient (Wildman–Crippen LogP) is 2.87. The molecule has 1 unspecified atom stereocenters. The van der Waals surface area contributed by atoms with Gasteiger partial charge in [-0.2, -0.15) is 12.6 Å². The number of hydrogen-bond acceptors (Lipinski definition) is 3. The summed E-state index contributed by atoms with van der Waals surface area (Å²) >= 11 is 4.59. The zero-order valence-corrected chi connectivity index (χ0v) is 9.69. The lowest BCUT2D eigenvalue weighted by molar-refractivity contribution is 1.17. The molecule has 0 spiro atoms. The van der Waals surface area contributed by atoms with E-state index in [1.165, 1.54) is 0 Å². The van der Waals surface area contributed by atoms with E-state index in [4.69, 9.17) is 11.5 Å². The van der Waals surface area contributed by atoms with Gasteiger partial charge in [0.2, 0.25) is 0 Å². The fourth-order valence-corrected chi connectivity index (χ4v) is 2.03. The van der Waals surface area contributed by atoms with Crippen LogP contribution in [0.25, 0.3) is 0 Å². The Labute approximate surface area is 101 Å². The zero-order chi connectivity index (χ0) is 11.5. The summed E-state index contributed by atoms with van der Waals surface area (Å²) in [7, 11) is 0. The summed E-state index contributed by atoms with van der Waals surface area (Å²) in [5, 5.41) is -0.0122. The molecule has 0 heterocycles. The molecular weight excluding hydrogens is 216 g/mol. The van der Waals surface area contributed by atoms with Gasteiger partial charge in [-0.3, -0.25) is 0 Å². The van der Waals surface area contributed by atoms with Crippen LogP contribution in [0.3, 0.4) is 0 Å². The number of thiol groups is 1. The van der Waals surface area contributed by atoms with Crippen LogP contribution >= 0.6 is 12.6 Å². The normalized spacial score (nSPS) is 12.3. The number of hydrogen-bond donors (Lipinski definition) is 3. The Hall–Kier alpha value is -1.61. The van der Waals surface area contributed by atoms with Crippen molar-refractivity contribution in [3.63, 3.8) is 0 Å². The molecule has 4 N–H and O–H groups in total. The minimum atomic E-state index is -0.0122. The summed E-state index contributed by atoms with van der Waals surface area (Å²) in [5.41, 5.74) is 15.2. The molecule has 2 nitrogen and oxygen atoms in total. The molecule has 0 aromatic heterocycles. The van der Waals surface area contributed by atoms with E-state index >= 15 is 0 Å². The quantitative estimate of drug-likeness (QED) is 0.549. The maximum atomic E-state index is 5.92. The molecule has 3 heteroatoms. The van der Waals surface area contributed by atoms with Gasteiger partial charge in [0.25, 0.3) is 0 Å². The molecule has 0 bridgehead atoms. The fraction of sp³-hybridized carbons (Fsp3) is 0.0769. The van der Waals surface area contributed by atoms with E-state index in [0.29, 0.717) is 0 Å². The highest BCUT2D eigenvalue weighted by Crippen LogP contribution is 2.31. The Morgan fingerprint density at radius 1 is 0.875 bits per heavy atom. The topological polar surface area (TPSA) is 52.0 Å². The summed E-state index contributed by atoms with van der Waals surface area (Å²) in [4.78, 5) is 0. The lowest BCUT2D eigenvalue weighted by atomic mass is 10.0. The maximum Gasteiger partial charge on any atom is 0.0536 e. The van der Waals surface area contributed by atoms with Gasteiger partial charge in [0.15, 0.2) is 0 Å². The van der Waals surface area contributed by atoms with E-state index in [1.54, 1.807) is 0 Å². The van der Waals surface area contributed by atoms with Crippen molar-refractivity contribution < 1.29 is 0 Å². The van der Waals surface area contributed by atoms with Crippen LogP contribution < -0.4 is 11.5 Å². The Kier molecular flexibility index (Phi) is 3.06. The minimum absolute atomic E-state index is 0.0122. The van der Waals surface area contributed by atoms with Gasteiger partial charge in [-0.15, -0.1) is 0 Å². The largest absolute Gasteiger partial charge is 0.399 e. The van der Waals surface area contributed by atoms with E-state index in [2.05, 4.69) is 12.6 Å². The monoisotopic (exact) mass is 230 g/mol. The number of anilines is 2. The fourth-order valence-electron chi connectivity index (χ4n) is 1.62. The molecule has 82 valence electrons. The van der Waals surface area contributed by atoms with E-state index < -0.39 is 0 Å². The number of nitrogen functional groups attached to an aromatic ring is 2. The first kappa shape index (κ1) is 10.9. The van der Waals surface area contributed by atoms with Crippen molar-refractivity contribution in [3.05, 3.63) is 59.7 Å². The summed E-state index contributed by atoms with van der Waals surface area (Å²) in [6.07, 6.45) is 0. The lowest BCUT2D eigenvalue weighted by Gasteiger charge is -2.14. The first-order chi connectivity index (χ1) is 7.68. The van der Waals surface area contributed by atoms with Crippen molar-refractivity contribution in [2.75, 3.05) is 11.5 Å². The molecule has 0 saturated heterocycles. The van der Waals surface area contributed by atoms with Gasteiger partial charge < -0.3 is 11.5 Å². The van der Waals surface area contributed by atoms with Crippen LogP contribution in [0.2, 0.25) is 0 Å². The van der Waals surface area contributed by atoms with E-state index in [0.717, 1.165) is 22.5 Å². The second-order valence-electron chi connectivity index (χ2n) is 3.70. The SMILES string of the molecule is Nc1ccc(C(S)c2ccccc2N)cc1. The average Bonchev–Trinajstić information content (AvgIpc) is 2.30. The molecular formula is C13H14N2S. The first-order valence-corrected chi connectivity index (χ1v) is 5.58. The van der Waals surface area contributed by atoms with Gasteiger partial charge in [0.1, 0.15) is 0 Å². The molecule has 2 aromatic carbocycles. The average molecular weight is 230 g/mol. The van der Waals surface area contributed by atoms with Gasteiger partial charge in [0, 0.05) is 11.4 Å². The standard InChI is InChI=1S/C13H14N2S/c14-10-7-5-9(6-8-10)13(16)11-3-1-2-4-12(11)15/h1-8,13,16H,14-15H2. The maximum absolute atomic E-state index is 5.92. The predicted molar refractivity (Wildman–Crippen MR) is 72.5 cm³/mol. The van der Waals surface area contributed by atoms with Crippen molar-refractivity contribution in [2.24, 2.45) is 0 Å². The van der Waals surface area contributed by atoms with E-state index in [9.17, 15) is 0 Å². The second kappa shape index (κ2) is 4.49. The van der Waals surface area contributed by atoms with Crippen LogP contribution in [0.1, 0.15) is 16.4 Å². The summed E-state index contributed by atoms with van der Waals surface area (Å²) in [6, 6.07) is 15.4. The molecule has 0 radical (unpaired) electrons. The van der Waals surface area contributed by atoms with Crippen LogP contribution in [0.5, 0.6) is 0 Å².